The quantitative estimate of drug-likeness (QED) is 0.586. The zero-order chi connectivity index (χ0) is 20.9. The topological polar surface area (TPSA) is 88.8 Å². The fourth-order valence-corrected chi connectivity index (χ4v) is 3.78. The van der Waals surface area contributed by atoms with E-state index in [1.165, 1.54) is 37.6 Å². The fraction of sp³-hybridized carbons (Fsp3) is 0.150. The highest BCUT2D eigenvalue weighted by Crippen LogP contribution is 2.25. The molecule has 0 bridgehead atoms. The van der Waals surface area contributed by atoms with Gasteiger partial charge in [-0.05, 0) is 60.7 Å². The van der Waals surface area contributed by atoms with E-state index in [2.05, 4.69) is 5.32 Å². The molecule has 29 heavy (non-hydrogen) atoms. The first-order chi connectivity index (χ1) is 13.9. The van der Waals surface area contributed by atoms with Crippen LogP contribution in [0.3, 0.4) is 0 Å². The Morgan fingerprint density at radius 1 is 1.10 bits per heavy atom. The standard InChI is InChI=1S/C20H19ClN2O5S/c1-23(29(25,26)19-10-4-15(21)5-11-19)16-6-8-17(9-7-16)28-14-20(24)22-13-18-3-2-12-27-18/h2-12H,13-14H2,1H3,(H,22,24). The number of benzene rings is 2. The van der Waals surface area contributed by atoms with Gasteiger partial charge in [0.05, 0.1) is 23.4 Å². The van der Waals surface area contributed by atoms with Crippen LogP contribution in [-0.4, -0.2) is 28.0 Å². The second-order valence-electron chi connectivity index (χ2n) is 6.07. The molecule has 1 N–H and O–H groups in total. The number of rotatable bonds is 8. The number of nitrogens with zero attached hydrogens (tertiary/aromatic N) is 1. The number of ether oxygens (including phenoxy) is 1. The summed E-state index contributed by atoms with van der Waals surface area (Å²) in [6, 6.07) is 15.9. The Morgan fingerprint density at radius 3 is 2.41 bits per heavy atom. The normalized spacial score (nSPS) is 11.1. The molecule has 0 radical (unpaired) electrons. The van der Waals surface area contributed by atoms with E-state index >= 15 is 0 Å². The summed E-state index contributed by atoms with van der Waals surface area (Å²) in [5.74, 6) is 0.791. The minimum atomic E-state index is -3.72. The van der Waals surface area contributed by atoms with E-state index in [0.29, 0.717) is 22.2 Å². The van der Waals surface area contributed by atoms with Crippen molar-refractivity contribution in [1.29, 1.82) is 0 Å². The maximum atomic E-state index is 12.7. The first-order valence-corrected chi connectivity index (χ1v) is 10.4. The van der Waals surface area contributed by atoms with Crippen LogP contribution in [0.15, 0.2) is 76.2 Å². The highest BCUT2D eigenvalue weighted by molar-refractivity contribution is 7.92. The number of carbonyl (C=O) groups excluding carboxylic acids is 1. The van der Waals surface area contributed by atoms with Gasteiger partial charge in [-0.2, -0.15) is 0 Å². The maximum absolute atomic E-state index is 12.7. The third-order valence-electron chi connectivity index (χ3n) is 4.08. The zero-order valence-corrected chi connectivity index (χ0v) is 17.1. The number of anilines is 1. The van der Waals surface area contributed by atoms with E-state index in [-0.39, 0.29) is 24.0 Å². The molecule has 0 spiro atoms. The van der Waals surface area contributed by atoms with Crippen molar-refractivity contribution in [2.45, 2.75) is 11.4 Å². The lowest BCUT2D eigenvalue weighted by Crippen LogP contribution is -2.28. The smallest absolute Gasteiger partial charge is 0.264 e. The van der Waals surface area contributed by atoms with Gasteiger partial charge in [0.25, 0.3) is 15.9 Å². The molecule has 0 aliphatic rings. The van der Waals surface area contributed by atoms with Crippen molar-refractivity contribution in [1.82, 2.24) is 5.32 Å². The first-order valence-electron chi connectivity index (χ1n) is 8.63. The van der Waals surface area contributed by atoms with Crippen molar-refractivity contribution in [3.05, 3.63) is 77.7 Å². The summed E-state index contributed by atoms with van der Waals surface area (Å²) in [7, 11) is -2.26. The molecule has 2 aromatic carbocycles. The largest absolute Gasteiger partial charge is 0.484 e. The van der Waals surface area contributed by atoms with Crippen LogP contribution in [0, 0.1) is 0 Å². The molecule has 0 atom stereocenters. The van der Waals surface area contributed by atoms with Gasteiger partial charge < -0.3 is 14.5 Å². The summed E-state index contributed by atoms with van der Waals surface area (Å²) in [5, 5.41) is 3.13. The van der Waals surface area contributed by atoms with Crippen LogP contribution in [0.4, 0.5) is 5.69 Å². The molecule has 1 aromatic heterocycles. The van der Waals surface area contributed by atoms with Crippen molar-refractivity contribution >= 4 is 33.2 Å². The second kappa shape index (κ2) is 9.02. The van der Waals surface area contributed by atoms with Gasteiger partial charge >= 0.3 is 0 Å². The van der Waals surface area contributed by atoms with E-state index in [1.807, 2.05) is 0 Å². The van der Waals surface area contributed by atoms with E-state index in [1.54, 1.807) is 36.4 Å². The molecule has 3 aromatic rings. The summed E-state index contributed by atoms with van der Waals surface area (Å²) in [6.45, 7) is 0.112. The van der Waals surface area contributed by atoms with Crippen molar-refractivity contribution in [2.24, 2.45) is 0 Å². The van der Waals surface area contributed by atoms with Gasteiger partial charge in [0, 0.05) is 12.1 Å². The Morgan fingerprint density at radius 2 is 1.79 bits per heavy atom. The summed E-state index contributed by atoms with van der Waals surface area (Å²) < 4.78 is 37.1. The third kappa shape index (κ3) is 5.30. The number of furan rings is 1. The number of hydrogen-bond acceptors (Lipinski definition) is 5. The molecule has 3 rings (SSSR count). The molecule has 1 heterocycles. The lowest BCUT2D eigenvalue weighted by molar-refractivity contribution is -0.123. The Balaban J connectivity index is 1.57. The van der Waals surface area contributed by atoms with E-state index in [4.69, 9.17) is 20.8 Å². The van der Waals surface area contributed by atoms with Crippen LogP contribution >= 0.6 is 11.6 Å². The van der Waals surface area contributed by atoms with Crippen LogP contribution in [0.25, 0.3) is 0 Å². The molecular weight excluding hydrogens is 416 g/mol. The van der Waals surface area contributed by atoms with Crippen molar-refractivity contribution in [3.8, 4) is 5.75 Å². The maximum Gasteiger partial charge on any atom is 0.264 e. The minimum absolute atomic E-state index is 0.137. The molecule has 0 unspecified atom stereocenters. The number of hydrogen-bond donors (Lipinski definition) is 1. The Kier molecular flexibility index (Phi) is 6.46. The SMILES string of the molecule is CN(c1ccc(OCC(=O)NCc2ccco2)cc1)S(=O)(=O)c1ccc(Cl)cc1. The second-order valence-corrected chi connectivity index (χ2v) is 8.47. The molecule has 152 valence electrons. The summed E-state index contributed by atoms with van der Waals surface area (Å²) >= 11 is 5.82. The van der Waals surface area contributed by atoms with Crippen LogP contribution in [0.1, 0.15) is 5.76 Å². The van der Waals surface area contributed by atoms with Crippen molar-refractivity contribution in [2.75, 3.05) is 18.0 Å². The van der Waals surface area contributed by atoms with E-state index < -0.39 is 10.0 Å². The number of sulfonamides is 1. The molecule has 0 fully saturated rings. The Bertz CT molecular complexity index is 1050. The molecule has 0 saturated carbocycles. The predicted octanol–water partition coefficient (Wildman–Crippen LogP) is 3.45. The third-order valence-corrected chi connectivity index (χ3v) is 6.13. The molecule has 7 nitrogen and oxygen atoms in total. The lowest BCUT2D eigenvalue weighted by Gasteiger charge is -2.20. The van der Waals surface area contributed by atoms with E-state index in [0.717, 1.165) is 4.31 Å². The Hall–Kier alpha value is -2.97. The number of halogens is 1. The highest BCUT2D eigenvalue weighted by atomic mass is 35.5. The van der Waals surface area contributed by atoms with Crippen LogP contribution < -0.4 is 14.4 Å². The van der Waals surface area contributed by atoms with E-state index in [9.17, 15) is 13.2 Å². The van der Waals surface area contributed by atoms with Gasteiger partial charge in [-0.3, -0.25) is 9.10 Å². The molecule has 9 heteroatoms. The van der Waals surface area contributed by atoms with Gasteiger partial charge in [-0.1, -0.05) is 11.6 Å². The van der Waals surface area contributed by atoms with Gasteiger partial charge in [0.15, 0.2) is 6.61 Å². The van der Waals surface area contributed by atoms with Gasteiger partial charge in [-0.15, -0.1) is 0 Å². The minimum Gasteiger partial charge on any atom is -0.484 e. The molecule has 1 amide bonds. The van der Waals surface area contributed by atoms with Crippen LogP contribution in [0.2, 0.25) is 5.02 Å². The number of nitrogens with one attached hydrogen (secondary N) is 1. The average Bonchev–Trinajstić information content (AvgIpc) is 3.24. The zero-order valence-electron chi connectivity index (χ0n) is 15.5. The molecular formula is C20H19ClN2O5S. The van der Waals surface area contributed by atoms with Crippen LogP contribution in [0.5, 0.6) is 5.75 Å². The van der Waals surface area contributed by atoms with Crippen molar-refractivity contribution in [3.63, 3.8) is 0 Å². The monoisotopic (exact) mass is 434 g/mol. The summed E-state index contributed by atoms with van der Waals surface area (Å²) in [5.41, 5.74) is 0.453. The lowest BCUT2D eigenvalue weighted by atomic mass is 10.3. The molecule has 0 aliphatic heterocycles. The van der Waals surface area contributed by atoms with Gasteiger partial charge in [-0.25, -0.2) is 8.42 Å². The predicted molar refractivity (Wildman–Crippen MR) is 110 cm³/mol. The van der Waals surface area contributed by atoms with Gasteiger partial charge in [0.1, 0.15) is 11.5 Å². The number of carbonyl (C=O) groups is 1. The highest BCUT2D eigenvalue weighted by Gasteiger charge is 2.21. The number of amides is 1. The summed E-state index contributed by atoms with van der Waals surface area (Å²) in [4.78, 5) is 12.0. The fourth-order valence-electron chi connectivity index (χ4n) is 2.45. The Labute approximate surface area is 173 Å². The van der Waals surface area contributed by atoms with Crippen molar-refractivity contribution < 1.29 is 22.4 Å². The summed E-state index contributed by atoms with van der Waals surface area (Å²) in [6.07, 6.45) is 1.53. The van der Waals surface area contributed by atoms with Gasteiger partial charge in [0.2, 0.25) is 0 Å². The van der Waals surface area contributed by atoms with Crippen LogP contribution in [-0.2, 0) is 21.4 Å². The average molecular weight is 435 g/mol. The molecule has 0 aliphatic carbocycles. The molecule has 0 saturated heterocycles. The first kappa shape index (κ1) is 20.8.